The first kappa shape index (κ1) is 25.4. The molecule has 8 nitrogen and oxygen atoms in total. The van der Waals surface area contributed by atoms with E-state index in [1.165, 1.54) is 37.3 Å². The van der Waals surface area contributed by atoms with Crippen LogP contribution in [0.25, 0.3) is 10.9 Å². The van der Waals surface area contributed by atoms with E-state index in [0.717, 1.165) is 54.7 Å². The third kappa shape index (κ3) is 6.19. The Morgan fingerprint density at radius 3 is 2.42 bits per heavy atom. The van der Waals surface area contributed by atoms with Crippen LogP contribution in [0, 0.1) is 0 Å². The molecule has 0 saturated carbocycles. The summed E-state index contributed by atoms with van der Waals surface area (Å²) in [6.07, 6.45) is 10.5. The minimum Gasteiger partial charge on any atom is -0.456 e. The number of piperidine rings is 1. The summed E-state index contributed by atoms with van der Waals surface area (Å²) in [7, 11) is 1.95. The first-order chi connectivity index (χ1) is 18.7. The SMILES string of the molecule is CNc1ccc(N2CCCC2)cc1.O=CN1CCC(c2ncnc3cc(Oc4cccnc4)ccc23)CC1. The van der Waals surface area contributed by atoms with Crippen molar-refractivity contribution in [3.63, 3.8) is 0 Å². The van der Waals surface area contributed by atoms with Crippen LogP contribution in [0.4, 0.5) is 11.4 Å². The molecule has 0 aliphatic carbocycles. The maximum atomic E-state index is 10.9. The number of amides is 1. The van der Waals surface area contributed by atoms with Crippen molar-refractivity contribution in [1.82, 2.24) is 19.9 Å². The molecule has 4 heterocycles. The number of pyridine rings is 1. The van der Waals surface area contributed by atoms with Gasteiger partial charge >= 0.3 is 0 Å². The van der Waals surface area contributed by atoms with Gasteiger partial charge in [-0.1, -0.05) is 0 Å². The van der Waals surface area contributed by atoms with Crippen molar-refractivity contribution < 1.29 is 9.53 Å². The molecule has 6 rings (SSSR count). The molecule has 0 bridgehead atoms. The van der Waals surface area contributed by atoms with Crippen molar-refractivity contribution in [3.8, 4) is 11.5 Å². The lowest BCUT2D eigenvalue weighted by atomic mass is 9.91. The highest BCUT2D eigenvalue weighted by Gasteiger charge is 2.22. The Labute approximate surface area is 223 Å². The van der Waals surface area contributed by atoms with Crippen molar-refractivity contribution in [2.45, 2.75) is 31.6 Å². The molecule has 2 aliphatic heterocycles. The Morgan fingerprint density at radius 1 is 0.947 bits per heavy atom. The fourth-order valence-electron chi connectivity index (χ4n) is 5.08. The molecule has 2 fully saturated rings. The van der Waals surface area contributed by atoms with Crippen LogP contribution in [0.5, 0.6) is 11.5 Å². The predicted molar refractivity (Wildman–Crippen MR) is 151 cm³/mol. The van der Waals surface area contributed by atoms with Crippen molar-refractivity contribution >= 4 is 28.7 Å². The topological polar surface area (TPSA) is 83.5 Å². The maximum Gasteiger partial charge on any atom is 0.209 e. The number of fused-ring (bicyclic) bond motifs is 1. The van der Waals surface area contributed by atoms with E-state index < -0.39 is 0 Å². The van der Waals surface area contributed by atoms with Gasteiger partial charge in [0.2, 0.25) is 6.41 Å². The zero-order chi connectivity index (χ0) is 26.2. The van der Waals surface area contributed by atoms with Crippen LogP contribution in [0.1, 0.15) is 37.3 Å². The number of nitrogens with zero attached hydrogens (tertiary/aromatic N) is 5. The minimum atomic E-state index is 0.354. The highest BCUT2D eigenvalue weighted by molar-refractivity contribution is 5.82. The minimum absolute atomic E-state index is 0.354. The normalized spacial score (nSPS) is 15.6. The van der Waals surface area contributed by atoms with E-state index in [2.05, 4.69) is 49.4 Å². The first-order valence-corrected chi connectivity index (χ1v) is 13.3. The van der Waals surface area contributed by atoms with E-state index in [1.54, 1.807) is 18.7 Å². The van der Waals surface area contributed by atoms with Gasteiger partial charge in [0.25, 0.3) is 0 Å². The number of ether oxygens (including phenoxy) is 1. The molecular formula is C30H34N6O2. The highest BCUT2D eigenvalue weighted by Crippen LogP contribution is 2.32. The molecule has 2 aliphatic rings. The summed E-state index contributed by atoms with van der Waals surface area (Å²) in [6, 6.07) is 18.2. The summed E-state index contributed by atoms with van der Waals surface area (Å²) in [5.41, 5.74) is 4.46. The van der Waals surface area contributed by atoms with Crippen LogP contribution < -0.4 is 15.0 Å². The number of nitrogens with one attached hydrogen (secondary N) is 1. The first-order valence-electron chi connectivity index (χ1n) is 13.3. The number of carbonyl (C=O) groups excluding carboxylic acids is 1. The van der Waals surface area contributed by atoms with E-state index in [4.69, 9.17) is 4.74 Å². The van der Waals surface area contributed by atoms with Gasteiger partial charge in [-0.2, -0.15) is 0 Å². The Kier molecular flexibility index (Phi) is 8.28. The van der Waals surface area contributed by atoms with Gasteiger partial charge in [0.1, 0.15) is 17.8 Å². The molecule has 0 radical (unpaired) electrons. The molecule has 4 aromatic rings. The average Bonchev–Trinajstić information content (AvgIpc) is 3.53. The fraction of sp³-hybridized carbons (Fsp3) is 0.333. The second-order valence-electron chi connectivity index (χ2n) is 9.64. The molecule has 196 valence electrons. The van der Waals surface area contributed by atoms with Gasteiger partial charge in [-0.05, 0) is 74.2 Å². The zero-order valence-electron chi connectivity index (χ0n) is 21.8. The maximum absolute atomic E-state index is 10.9. The summed E-state index contributed by atoms with van der Waals surface area (Å²) in [4.78, 5) is 28.1. The standard InChI is InChI=1S/C19H18N4O2.C11H16N2/c24-13-23-8-5-14(6-9-23)19-17-4-3-15(10-18(17)21-12-22-19)25-16-2-1-7-20-11-16;1-12-10-4-6-11(7-5-10)13-8-2-3-9-13/h1-4,7,10-14H,5-6,8-9H2;4-7,12H,2-3,8-9H2,1H3. The predicted octanol–water partition coefficient (Wildman–Crippen LogP) is 5.48. The summed E-state index contributed by atoms with van der Waals surface area (Å²) in [5, 5.41) is 4.17. The Morgan fingerprint density at radius 2 is 1.74 bits per heavy atom. The number of anilines is 2. The second-order valence-corrected chi connectivity index (χ2v) is 9.64. The van der Waals surface area contributed by atoms with Crippen LogP contribution in [-0.2, 0) is 4.79 Å². The smallest absolute Gasteiger partial charge is 0.209 e. The molecule has 1 N–H and O–H groups in total. The van der Waals surface area contributed by atoms with Gasteiger partial charge < -0.3 is 19.9 Å². The summed E-state index contributed by atoms with van der Waals surface area (Å²) in [5.74, 6) is 1.77. The zero-order valence-corrected chi connectivity index (χ0v) is 21.8. The summed E-state index contributed by atoms with van der Waals surface area (Å²) in [6.45, 7) is 4.00. The lowest BCUT2D eigenvalue weighted by Gasteiger charge is -2.29. The van der Waals surface area contributed by atoms with Crippen molar-refractivity contribution in [2.24, 2.45) is 0 Å². The van der Waals surface area contributed by atoms with E-state index in [0.29, 0.717) is 11.7 Å². The lowest BCUT2D eigenvalue weighted by molar-refractivity contribution is -0.119. The van der Waals surface area contributed by atoms with E-state index in [9.17, 15) is 4.79 Å². The summed E-state index contributed by atoms with van der Waals surface area (Å²) >= 11 is 0. The lowest BCUT2D eigenvalue weighted by Crippen LogP contribution is -2.31. The number of aromatic nitrogens is 3. The third-order valence-electron chi connectivity index (χ3n) is 7.20. The van der Waals surface area contributed by atoms with Gasteiger partial charge in [0.15, 0.2) is 0 Å². The number of carbonyl (C=O) groups is 1. The summed E-state index contributed by atoms with van der Waals surface area (Å²) < 4.78 is 5.83. The fourth-order valence-corrected chi connectivity index (χ4v) is 5.08. The van der Waals surface area contributed by atoms with Gasteiger partial charge in [-0.3, -0.25) is 9.78 Å². The van der Waals surface area contributed by atoms with Crippen LogP contribution >= 0.6 is 0 Å². The third-order valence-corrected chi connectivity index (χ3v) is 7.20. The van der Waals surface area contributed by atoms with Crippen LogP contribution in [-0.4, -0.2) is 59.5 Å². The largest absolute Gasteiger partial charge is 0.456 e. The molecule has 2 aromatic carbocycles. The van der Waals surface area contributed by atoms with Crippen molar-refractivity contribution in [1.29, 1.82) is 0 Å². The van der Waals surface area contributed by atoms with E-state index in [1.807, 2.05) is 42.3 Å². The number of hydrogen-bond acceptors (Lipinski definition) is 7. The molecule has 2 saturated heterocycles. The number of hydrogen-bond donors (Lipinski definition) is 1. The molecule has 8 heteroatoms. The van der Waals surface area contributed by atoms with Crippen LogP contribution in [0.3, 0.4) is 0 Å². The molecule has 0 unspecified atom stereocenters. The Balaban J connectivity index is 0.000000190. The number of benzene rings is 2. The van der Waals surface area contributed by atoms with Gasteiger partial charge in [-0.25, -0.2) is 9.97 Å². The van der Waals surface area contributed by atoms with Crippen LogP contribution in [0.15, 0.2) is 73.3 Å². The molecule has 38 heavy (non-hydrogen) atoms. The monoisotopic (exact) mass is 510 g/mol. The quantitative estimate of drug-likeness (QED) is 0.344. The molecule has 0 spiro atoms. The molecular weight excluding hydrogens is 476 g/mol. The van der Waals surface area contributed by atoms with Gasteiger partial charge in [0, 0.05) is 68.2 Å². The van der Waals surface area contributed by atoms with Crippen LogP contribution in [0.2, 0.25) is 0 Å². The second kappa shape index (κ2) is 12.4. The Bertz CT molecular complexity index is 1320. The molecule has 2 aromatic heterocycles. The number of rotatable bonds is 6. The van der Waals surface area contributed by atoms with Gasteiger partial charge in [0.05, 0.1) is 17.4 Å². The Hall–Kier alpha value is -4.20. The van der Waals surface area contributed by atoms with E-state index >= 15 is 0 Å². The number of likely N-dealkylation sites (tertiary alicyclic amines) is 1. The van der Waals surface area contributed by atoms with E-state index in [-0.39, 0.29) is 0 Å². The van der Waals surface area contributed by atoms with Gasteiger partial charge in [-0.15, -0.1) is 0 Å². The molecule has 1 amide bonds. The van der Waals surface area contributed by atoms with Crippen molar-refractivity contribution in [2.75, 3.05) is 43.4 Å². The average molecular weight is 511 g/mol. The molecule has 0 atom stereocenters. The highest BCUT2D eigenvalue weighted by atomic mass is 16.5. The van der Waals surface area contributed by atoms with Crippen molar-refractivity contribution in [3.05, 3.63) is 79.0 Å².